The molecule has 8 rings (SSSR count). The molecule has 0 aromatic heterocycles. The zero-order valence-corrected chi connectivity index (χ0v) is 32.9. The van der Waals surface area contributed by atoms with Crippen molar-refractivity contribution in [3.63, 3.8) is 0 Å². The first-order chi connectivity index (χ1) is 27.0. The molecule has 0 saturated carbocycles. The minimum absolute atomic E-state index is 0.277. The molecule has 0 radical (unpaired) electrons. The average Bonchev–Trinajstić information content (AvgIpc) is 3.22. The van der Waals surface area contributed by atoms with Crippen LogP contribution in [0.1, 0.15) is 36.8 Å². The molecular formula is C48H42N2O4S2. The lowest BCUT2D eigenvalue weighted by atomic mass is 9.79. The van der Waals surface area contributed by atoms with E-state index in [0.29, 0.717) is 15.7 Å². The van der Waals surface area contributed by atoms with Gasteiger partial charge in [-0.25, -0.2) is 16.8 Å². The predicted molar refractivity (Wildman–Crippen MR) is 226 cm³/mol. The van der Waals surface area contributed by atoms with E-state index in [1.165, 1.54) is 11.3 Å². The summed E-state index contributed by atoms with van der Waals surface area (Å²) < 4.78 is 52.4. The van der Waals surface area contributed by atoms with Crippen LogP contribution in [-0.4, -0.2) is 22.5 Å². The van der Waals surface area contributed by atoms with Gasteiger partial charge in [0.2, 0.25) is 19.7 Å². The number of nitrogens with one attached hydrogen (secondary N) is 1. The predicted octanol–water partition coefficient (Wildman–Crippen LogP) is 11.5. The van der Waals surface area contributed by atoms with Crippen LogP contribution in [0.5, 0.6) is 0 Å². The first-order valence-electron chi connectivity index (χ1n) is 18.8. The zero-order chi connectivity index (χ0) is 38.9. The molecule has 0 aliphatic heterocycles. The molecule has 0 heterocycles. The molecule has 0 bridgehead atoms. The van der Waals surface area contributed by atoms with Gasteiger partial charge in [0.05, 0.1) is 25.3 Å². The normalized spacial score (nSPS) is 16.5. The zero-order valence-electron chi connectivity index (χ0n) is 31.3. The Morgan fingerprint density at radius 3 is 1.34 bits per heavy atom. The first-order valence-corrected chi connectivity index (χ1v) is 21.8. The van der Waals surface area contributed by atoms with Crippen molar-refractivity contribution in [1.29, 1.82) is 0 Å². The Morgan fingerprint density at radius 2 is 0.875 bits per heavy atom. The Hall–Kier alpha value is -5.83. The summed E-state index contributed by atoms with van der Waals surface area (Å²) in [6.07, 6.45) is 8.59. The van der Waals surface area contributed by atoms with Crippen LogP contribution in [0.3, 0.4) is 0 Å². The molecule has 2 aliphatic rings. The third kappa shape index (κ3) is 7.94. The Kier molecular flexibility index (Phi) is 10.2. The molecule has 0 fully saturated rings. The maximum absolute atomic E-state index is 13.1. The number of aliphatic imine (C=N–C) groups is 1. The van der Waals surface area contributed by atoms with Crippen LogP contribution in [0, 0.1) is 19.8 Å². The van der Waals surface area contributed by atoms with Crippen LogP contribution in [0.4, 0.5) is 11.4 Å². The quantitative estimate of drug-likeness (QED) is 0.158. The second kappa shape index (κ2) is 15.4. The van der Waals surface area contributed by atoms with Gasteiger partial charge in [-0.15, -0.1) is 0 Å². The van der Waals surface area contributed by atoms with Crippen LogP contribution >= 0.6 is 0 Å². The fourth-order valence-corrected chi connectivity index (χ4v) is 9.84. The van der Waals surface area contributed by atoms with E-state index in [-0.39, 0.29) is 9.79 Å². The number of fused-ring (bicyclic) bond motifs is 1. The van der Waals surface area contributed by atoms with Crippen LogP contribution < -0.4 is 5.32 Å². The van der Waals surface area contributed by atoms with Crippen molar-refractivity contribution in [2.24, 2.45) is 10.9 Å². The van der Waals surface area contributed by atoms with Crippen molar-refractivity contribution in [3.8, 4) is 22.3 Å². The summed E-state index contributed by atoms with van der Waals surface area (Å²) in [5, 5.41) is 3.62. The molecule has 56 heavy (non-hydrogen) atoms. The van der Waals surface area contributed by atoms with Crippen molar-refractivity contribution < 1.29 is 16.8 Å². The van der Waals surface area contributed by atoms with E-state index >= 15 is 0 Å². The van der Waals surface area contributed by atoms with Crippen molar-refractivity contribution >= 4 is 36.8 Å². The number of nitrogens with zero attached hydrogens (tertiary/aromatic N) is 1. The van der Waals surface area contributed by atoms with Crippen molar-refractivity contribution in [2.45, 2.75) is 59.1 Å². The van der Waals surface area contributed by atoms with Gasteiger partial charge < -0.3 is 5.32 Å². The van der Waals surface area contributed by atoms with E-state index in [4.69, 9.17) is 4.99 Å². The number of rotatable bonds is 9. The molecule has 6 aromatic carbocycles. The summed E-state index contributed by atoms with van der Waals surface area (Å²) >= 11 is 0. The molecule has 2 aliphatic carbocycles. The van der Waals surface area contributed by atoms with Gasteiger partial charge in [-0.05, 0) is 158 Å². The standard InChI is InChI=1S/C48H42N2O4S2/c1-33-3-23-45(24-4-33)55(51,52)47-27-13-37(14-28-47)35-7-17-41(18-8-35)49-43-21-11-39-12-22-44(32-40(39)31-43)50-42-19-9-36(10-20-42)38-15-29-48(30-16-38)56(53,54)46-25-5-34(2)6-26-46/h3-10,13-20,23-32,39,49H,11-12,21-22H2,1-2H3/b50-44+. The highest BCUT2D eigenvalue weighted by atomic mass is 32.2. The van der Waals surface area contributed by atoms with Gasteiger partial charge in [0, 0.05) is 17.1 Å². The van der Waals surface area contributed by atoms with E-state index in [1.54, 1.807) is 48.5 Å². The minimum Gasteiger partial charge on any atom is -0.359 e. The van der Waals surface area contributed by atoms with Crippen LogP contribution in [0.25, 0.3) is 22.3 Å². The van der Waals surface area contributed by atoms with Gasteiger partial charge in [-0.1, -0.05) is 83.9 Å². The minimum atomic E-state index is -3.57. The van der Waals surface area contributed by atoms with E-state index in [2.05, 4.69) is 41.7 Å². The number of anilines is 1. The van der Waals surface area contributed by atoms with Crippen LogP contribution in [0.2, 0.25) is 0 Å². The molecule has 1 unspecified atom stereocenters. The molecule has 0 amide bonds. The third-order valence-corrected chi connectivity index (χ3v) is 14.2. The lowest BCUT2D eigenvalue weighted by molar-refractivity contribution is 0.515. The second-order valence-electron chi connectivity index (χ2n) is 14.6. The van der Waals surface area contributed by atoms with Gasteiger partial charge in [0.25, 0.3) is 0 Å². The highest BCUT2D eigenvalue weighted by molar-refractivity contribution is 7.91. The van der Waals surface area contributed by atoms with Gasteiger partial charge in [0.1, 0.15) is 0 Å². The smallest absolute Gasteiger partial charge is 0.206 e. The Morgan fingerprint density at radius 1 is 0.482 bits per heavy atom. The summed E-state index contributed by atoms with van der Waals surface area (Å²) in [5.41, 5.74) is 11.4. The number of allylic oxidation sites excluding steroid dienone is 4. The molecule has 0 saturated heterocycles. The van der Waals surface area contributed by atoms with E-state index in [1.807, 2.05) is 86.6 Å². The number of aryl methyl sites for hydroxylation is 2. The van der Waals surface area contributed by atoms with Crippen LogP contribution in [0.15, 0.2) is 194 Å². The van der Waals surface area contributed by atoms with Crippen LogP contribution in [-0.2, 0) is 19.7 Å². The monoisotopic (exact) mass is 774 g/mol. The van der Waals surface area contributed by atoms with Gasteiger partial charge >= 0.3 is 0 Å². The largest absolute Gasteiger partial charge is 0.359 e. The second-order valence-corrected chi connectivity index (χ2v) is 18.5. The summed E-state index contributed by atoms with van der Waals surface area (Å²) in [4.78, 5) is 6.14. The summed E-state index contributed by atoms with van der Waals surface area (Å²) in [7, 11) is -7.15. The van der Waals surface area contributed by atoms with Crippen molar-refractivity contribution in [3.05, 3.63) is 180 Å². The maximum atomic E-state index is 13.1. The number of hydrogen-bond donors (Lipinski definition) is 1. The van der Waals surface area contributed by atoms with E-state index in [9.17, 15) is 16.8 Å². The molecule has 8 heteroatoms. The Bertz CT molecular complexity index is 2700. The molecule has 280 valence electrons. The lowest BCUT2D eigenvalue weighted by Crippen LogP contribution is -2.18. The van der Waals surface area contributed by atoms with Gasteiger partial charge in [-0.2, -0.15) is 0 Å². The highest BCUT2D eigenvalue weighted by Gasteiger charge is 2.24. The maximum Gasteiger partial charge on any atom is 0.206 e. The lowest BCUT2D eigenvalue weighted by Gasteiger charge is -2.29. The van der Waals surface area contributed by atoms with E-state index < -0.39 is 19.7 Å². The average molecular weight is 775 g/mol. The topological polar surface area (TPSA) is 92.7 Å². The van der Waals surface area contributed by atoms with Gasteiger partial charge in [-0.3, -0.25) is 4.99 Å². The Balaban J connectivity index is 0.914. The van der Waals surface area contributed by atoms with Crippen molar-refractivity contribution in [2.75, 3.05) is 5.32 Å². The number of benzene rings is 6. The van der Waals surface area contributed by atoms with Gasteiger partial charge in [0.15, 0.2) is 0 Å². The Labute approximate surface area is 329 Å². The highest BCUT2D eigenvalue weighted by Crippen LogP contribution is 2.36. The first kappa shape index (κ1) is 37.1. The van der Waals surface area contributed by atoms with E-state index in [0.717, 1.165) is 76.2 Å². The fraction of sp³-hybridized carbons (Fsp3) is 0.146. The molecule has 1 N–H and O–H groups in total. The summed E-state index contributed by atoms with van der Waals surface area (Å²) in [6.45, 7) is 3.87. The number of sulfone groups is 2. The molecular weight excluding hydrogens is 733 g/mol. The molecule has 6 aromatic rings. The van der Waals surface area contributed by atoms with Crippen molar-refractivity contribution in [1.82, 2.24) is 0 Å². The SMILES string of the molecule is Cc1ccc(S(=O)(=O)c2ccc(-c3ccc(/N=C4/C=C5C=C(Nc6ccc(-c7ccc(S(=O)(=O)c8ccc(C)cc8)cc7)cc6)CCC5CC4)cc3)cc2)cc1. The molecule has 6 nitrogen and oxygen atoms in total. The molecule has 1 atom stereocenters. The number of hydrogen-bond acceptors (Lipinski definition) is 6. The summed E-state index contributed by atoms with van der Waals surface area (Å²) in [6, 6.07) is 44.3. The molecule has 0 spiro atoms. The fourth-order valence-electron chi connectivity index (χ4n) is 7.32. The third-order valence-electron chi connectivity index (χ3n) is 10.6. The summed E-state index contributed by atoms with van der Waals surface area (Å²) in [5.74, 6) is 0.528.